The fraction of sp³-hybridized carbons (Fsp3) is 0.200. The molecular weight excluding hydrogens is 291 g/mol. The van der Waals surface area contributed by atoms with Gasteiger partial charge in [-0.3, -0.25) is 0 Å². The van der Waals surface area contributed by atoms with E-state index in [1.54, 1.807) is 18.2 Å². The minimum absolute atomic E-state index is 0.129. The lowest BCUT2D eigenvalue weighted by Gasteiger charge is -2.08. The van der Waals surface area contributed by atoms with E-state index < -0.39 is 10.0 Å². The van der Waals surface area contributed by atoms with Gasteiger partial charge in [-0.05, 0) is 48.7 Å². The van der Waals surface area contributed by atoms with Gasteiger partial charge in [0.1, 0.15) is 5.82 Å². The van der Waals surface area contributed by atoms with Crippen LogP contribution in [0.15, 0.2) is 47.4 Å². The van der Waals surface area contributed by atoms with Gasteiger partial charge in [-0.15, -0.1) is 0 Å². The van der Waals surface area contributed by atoms with Gasteiger partial charge in [-0.25, -0.2) is 17.5 Å². The van der Waals surface area contributed by atoms with Crippen LogP contribution in [-0.4, -0.2) is 15.0 Å². The van der Waals surface area contributed by atoms with Crippen LogP contribution in [0.3, 0.4) is 0 Å². The average Bonchev–Trinajstić information content (AvgIpc) is 2.41. The average molecular weight is 308 g/mol. The number of hydrogen-bond acceptors (Lipinski definition) is 3. The molecule has 0 aliphatic heterocycles. The number of nitrogen functional groups attached to an aromatic ring is 1. The number of hydrogen-bond donors (Lipinski definition) is 2. The van der Waals surface area contributed by atoms with E-state index >= 15 is 0 Å². The first-order chi connectivity index (χ1) is 9.88. The van der Waals surface area contributed by atoms with Crippen LogP contribution in [-0.2, 0) is 16.4 Å². The highest BCUT2D eigenvalue weighted by Gasteiger charge is 2.14. The third-order valence-electron chi connectivity index (χ3n) is 3.16. The zero-order chi connectivity index (χ0) is 15.5. The van der Waals surface area contributed by atoms with Crippen molar-refractivity contribution in [2.45, 2.75) is 18.2 Å². The molecule has 0 spiro atoms. The van der Waals surface area contributed by atoms with E-state index in [2.05, 4.69) is 4.72 Å². The van der Waals surface area contributed by atoms with Gasteiger partial charge in [0, 0.05) is 12.2 Å². The molecule has 3 N–H and O–H groups in total. The number of halogens is 1. The summed E-state index contributed by atoms with van der Waals surface area (Å²) in [6, 6.07) is 10.7. The molecule has 0 fully saturated rings. The number of sulfonamides is 1. The van der Waals surface area contributed by atoms with Crippen LogP contribution in [0.4, 0.5) is 10.1 Å². The Bertz CT molecular complexity index is 745. The molecule has 21 heavy (non-hydrogen) atoms. The highest BCUT2D eigenvalue weighted by Crippen LogP contribution is 2.17. The molecule has 0 saturated heterocycles. The van der Waals surface area contributed by atoms with Crippen molar-refractivity contribution in [2.75, 3.05) is 12.3 Å². The Hall–Kier alpha value is -1.92. The number of nitrogens with one attached hydrogen (secondary N) is 1. The van der Waals surface area contributed by atoms with Gasteiger partial charge in [-0.1, -0.05) is 18.2 Å². The number of anilines is 1. The second-order valence-corrected chi connectivity index (χ2v) is 6.56. The van der Waals surface area contributed by atoms with Crippen molar-refractivity contribution < 1.29 is 12.8 Å². The minimum Gasteiger partial charge on any atom is -0.398 e. The van der Waals surface area contributed by atoms with Gasteiger partial charge in [-0.2, -0.15) is 0 Å². The smallest absolute Gasteiger partial charge is 0.240 e. The van der Waals surface area contributed by atoms with Crippen molar-refractivity contribution in [1.82, 2.24) is 4.72 Å². The van der Waals surface area contributed by atoms with Gasteiger partial charge < -0.3 is 5.73 Å². The van der Waals surface area contributed by atoms with Gasteiger partial charge in [0.2, 0.25) is 10.0 Å². The Morgan fingerprint density at radius 2 is 1.95 bits per heavy atom. The second-order valence-electron chi connectivity index (χ2n) is 4.80. The topological polar surface area (TPSA) is 72.2 Å². The predicted octanol–water partition coefficient (Wildman–Crippen LogP) is 2.24. The highest BCUT2D eigenvalue weighted by atomic mass is 32.2. The van der Waals surface area contributed by atoms with Crippen molar-refractivity contribution in [1.29, 1.82) is 0 Å². The fourth-order valence-electron chi connectivity index (χ4n) is 1.89. The number of rotatable bonds is 5. The lowest BCUT2D eigenvalue weighted by Crippen LogP contribution is -2.26. The third-order valence-corrected chi connectivity index (χ3v) is 4.61. The summed E-state index contributed by atoms with van der Waals surface area (Å²) in [6.07, 6.45) is 0.415. The van der Waals surface area contributed by atoms with Crippen molar-refractivity contribution in [3.63, 3.8) is 0 Å². The van der Waals surface area contributed by atoms with E-state index in [4.69, 9.17) is 5.73 Å². The van der Waals surface area contributed by atoms with Crippen molar-refractivity contribution in [3.05, 3.63) is 59.4 Å². The quantitative estimate of drug-likeness (QED) is 0.832. The summed E-state index contributed by atoms with van der Waals surface area (Å²) >= 11 is 0. The summed E-state index contributed by atoms with van der Waals surface area (Å²) in [7, 11) is -3.60. The van der Waals surface area contributed by atoms with Crippen LogP contribution < -0.4 is 10.5 Å². The van der Waals surface area contributed by atoms with E-state index in [1.165, 1.54) is 24.3 Å². The van der Waals surface area contributed by atoms with Gasteiger partial charge in [0.25, 0.3) is 0 Å². The standard InChI is InChI=1S/C15H17FN2O2S/c1-11-5-6-14(10-15(11)17)21(19,20)18-8-7-12-3-2-4-13(16)9-12/h2-6,9-10,18H,7-8,17H2,1H3. The Balaban J connectivity index is 2.03. The molecule has 6 heteroatoms. The maximum absolute atomic E-state index is 13.0. The van der Waals surface area contributed by atoms with Crippen LogP contribution in [0.5, 0.6) is 0 Å². The van der Waals surface area contributed by atoms with Gasteiger partial charge >= 0.3 is 0 Å². The molecule has 0 aliphatic rings. The molecule has 0 aliphatic carbocycles. The van der Waals surface area contributed by atoms with Crippen molar-refractivity contribution in [2.24, 2.45) is 0 Å². The minimum atomic E-state index is -3.60. The molecule has 2 aromatic carbocycles. The number of aryl methyl sites for hydroxylation is 1. The van der Waals surface area contributed by atoms with Crippen molar-refractivity contribution >= 4 is 15.7 Å². The molecular formula is C15H17FN2O2S. The molecule has 112 valence electrons. The first kappa shape index (κ1) is 15.5. The monoisotopic (exact) mass is 308 g/mol. The van der Waals surface area contributed by atoms with E-state index in [1.807, 2.05) is 6.92 Å². The van der Waals surface area contributed by atoms with Crippen LogP contribution in [0.25, 0.3) is 0 Å². The van der Waals surface area contributed by atoms with E-state index in [9.17, 15) is 12.8 Å². The maximum atomic E-state index is 13.0. The van der Waals surface area contributed by atoms with Gasteiger partial charge in [0.05, 0.1) is 4.90 Å². The first-order valence-corrected chi connectivity index (χ1v) is 7.97. The summed E-state index contributed by atoms with van der Waals surface area (Å²) in [4.78, 5) is 0.129. The van der Waals surface area contributed by atoms with Crippen molar-refractivity contribution in [3.8, 4) is 0 Å². The molecule has 0 aromatic heterocycles. The Kier molecular flexibility index (Phi) is 4.59. The largest absolute Gasteiger partial charge is 0.398 e. The number of benzene rings is 2. The lowest BCUT2D eigenvalue weighted by molar-refractivity contribution is 0.581. The maximum Gasteiger partial charge on any atom is 0.240 e. The third kappa shape index (κ3) is 4.03. The van der Waals surface area contributed by atoms with Crippen LogP contribution in [0, 0.1) is 12.7 Å². The molecule has 2 rings (SSSR count). The van der Waals surface area contributed by atoms with Crippen LogP contribution >= 0.6 is 0 Å². The Labute approximate surface area is 123 Å². The Morgan fingerprint density at radius 3 is 2.62 bits per heavy atom. The molecule has 0 heterocycles. The van der Waals surface area contributed by atoms with Crippen LogP contribution in [0.1, 0.15) is 11.1 Å². The summed E-state index contributed by atoms with van der Waals surface area (Å²) in [5, 5.41) is 0. The summed E-state index contributed by atoms with van der Waals surface area (Å²) in [6.45, 7) is 2.00. The first-order valence-electron chi connectivity index (χ1n) is 6.49. The fourth-order valence-corrected chi connectivity index (χ4v) is 2.96. The van der Waals surface area contributed by atoms with Gasteiger partial charge in [0.15, 0.2) is 0 Å². The van der Waals surface area contributed by atoms with Crippen LogP contribution in [0.2, 0.25) is 0 Å². The molecule has 0 unspecified atom stereocenters. The molecule has 0 radical (unpaired) electrons. The predicted molar refractivity (Wildman–Crippen MR) is 80.9 cm³/mol. The zero-order valence-electron chi connectivity index (χ0n) is 11.6. The van der Waals surface area contributed by atoms with E-state index in [0.717, 1.165) is 11.1 Å². The molecule has 2 aromatic rings. The molecule has 0 saturated carbocycles. The van der Waals surface area contributed by atoms with E-state index in [-0.39, 0.29) is 17.3 Å². The summed E-state index contributed by atoms with van der Waals surface area (Å²) in [5.41, 5.74) is 7.72. The molecule has 0 atom stereocenters. The van der Waals surface area contributed by atoms with E-state index in [0.29, 0.717) is 12.1 Å². The highest BCUT2D eigenvalue weighted by molar-refractivity contribution is 7.89. The molecule has 0 bridgehead atoms. The number of nitrogens with two attached hydrogens (primary N) is 1. The molecule has 4 nitrogen and oxygen atoms in total. The SMILES string of the molecule is Cc1ccc(S(=O)(=O)NCCc2cccc(F)c2)cc1N. The second kappa shape index (κ2) is 6.24. The summed E-state index contributed by atoms with van der Waals surface area (Å²) in [5.74, 6) is -0.332. The normalized spacial score (nSPS) is 11.5. The zero-order valence-corrected chi connectivity index (χ0v) is 12.5. The Morgan fingerprint density at radius 1 is 1.19 bits per heavy atom. The summed E-state index contributed by atoms with van der Waals surface area (Å²) < 4.78 is 39.7. The lowest BCUT2D eigenvalue weighted by atomic mass is 10.1. The molecule has 0 amide bonds.